The van der Waals surface area contributed by atoms with E-state index in [0.717, 1.165) is 49.2 Å². The number of rotatable bonds is 3. The van der Waals surface area contributed by atoms with E-state index in [1.54, 1.807) is 7.11 Å². The Balaban J connectivity index is 1.91. The first-order valence-electron chi connectivity index (χ1n) is 6.84. The van der Waals surface area contributed by atoms with E-state index in [9.17, 15) is 0 Å². The van der Waals surface area contributed by atoms with Gasteiger partial charge in [-0.1, -0.05) is 6.92 Å². The predicted molar refractivity (Wildman–Crippen MR) is 72.3 cm³/mol. The first-order valence-corrected chi connectivity index (χ1v) is 6.84. The second kappa shape index (κ2) is 4.76. The summed E-state index contributed by atoms with van der Waals surface area (Å²) < 4.78 is 5.39. The van der Waals surface area contributed by atoms with Crippen LogP contribution in [0.15, 0.2) is 12.1 Å². The molecule has 0 spiro atoms. The molecule has 2 aliphatic rings. The van der Waals surface area contributed by atoms with E-state index < -0.39 is 0 Å². The summed E-state index contributed by atoms with van der Waals surface area (Å²) in [5.74, 6) is 2.80. The van der Waals surface area contributed by atoms with Gasteiger partial charge < -0.3 is 15.0 Å². The molecule has 0 aromatic carbocycles. The first kappa shape index (κ1) is 11.8. The van der Waals surface area contributed by atoms with Crippen LogP contribution in [0.2, 0.25) is 0 Å². The van der Waals surface area contributed by atoms with Crippen LogP contribution in [-0.4, -0.2) is 37.8 Å². The van der Waals surface area contributed by atoms with Crippen molar-refractivity contribution >= 4 is 5.82 Å². The number of hydrogen-bond acceptors (Lipinski definition) is 4. The fourth-order valence-electron chi connectivity index (χ4n) is 3.12. The highest BCUT2D eigenvalue weighted by Crippen LogP contribution is 2.32. The second-order valence-corrected chi connectivity index (χ2v) is 5.18. The van der Waals surface area contributed by atoms with Crippen LogP contribution in [0.4, 0.5) is 5.82 Å². The molecule has 0 saturated carbocycles. The molecule has 2 atom stereocenters. The summed E-state index contributed by atoms with van der Waals surface area (Å²) in [5, 5.41) is 3.48. The van der Waals surface area contributed by atoms with Gasteiger partial charge in [0.05, 0.1) is 7.11 Å². The molecule has 1 N–H and O–H groups in total. The van der Waals surface area contributed by atoms with E-state index in [4.69, 9.17) is 9.72 Å². The third-order valence-corrected chi connectivity index (χ3v) is 4.18. The van der Waals surface area contributed by atoms with Gasteiger partial charge in [-0.2, -0.15) is 0 Å². The lowest BCUT2D eigenvalue weighted by Crippen LogP contribution is -2.34. The summed E-state index contributed by atoms with van der Waals surface area (Å²) in [5.41, 5.74) is 1.11. The maximum absolute atomic E-state index is 5.39. The molecule has 98 valence electrons. The van der Waals surface area contributed by atoms with E-state index in [2.05, 4.69) is 23.2 Å². The molecule has 0 bridgehead atoms. The summed E-state index contributed by atoms with van der Waals surface area (Å²) in [6.07, 6.45) is 2.22. The minimum Gasteiger partial charge on any atom is -0.497 e. The number of aryl methyl sites for hydroxylation is 1. The molecule has 0 aliphatic carbocycles. The lowest BCUT2D eigenvalue weighted by molar-refractivity contribution is 0.413. The topological polar surface area (TPSA) is 37.4 Å². The van der Waals surface area contributed by atoms with Crippen molar-refractivity contribution < 1.29 is 4.74 Å². The van der Waals surface area contributed by atoms with Crippen molar-refractivity contribution in [3.05, 3.63) is 17.8 Å². The molecule has 1 aromatic heterocycles. The number of hydrogen-bond donors (Lipinski definition) is 1. The van der Waals surface area contributed by atoms with E-state index in [1.807, 2.05) is 6.07 Å². The highest BCUT2D eigenvalue weighted by molar-refractivity contribution is 5.48. The summed E-state index contributed by atoms with van der Waals surface area (Å²) in [4.78, 5) is 7.21. The average molecular weight is 247 g/mol. The Kier molecular flexibility index (Phi) is 3.12. The average Bonchev–Trinajstić information content (AvgIpc) is 3.00. The first-order chi connectivity index (χ1) is 8.81. The second-order valence-electron chi connectivity index (χ2n) is 5.18. The van der Waals surface area contributed by atoms with Gasteiger partial charge in [0.15, 0.2) is 0 Å². The molecule has 0 radical (unpaired) electrons. The standard InChI is InChI=1S/C14H21N3O/c1-3-11-6-12(18-2)7-14(16-11)17-5-4-10-8-15-9-13(10)17/h6-7,10,13,15H,3-5,8-9H2,1-2H3/t10-,13+/m1/s1. The fourth-order valence-corrected chi connectivity index (χ4v) is 3.12. The van der Waals surface area contributed by atoms with Crippen molar-refractivity contribution in [3.8, 4) is 5.75 Å². The van der Waals surface area contributed by atoms with Crippen molar-refractivity contribution in [1.82, 2.24) is 10.3 Å². The number of fused-ring (bicyclic) bond motifs is 1. The summed E-state index contributed by atoms with van der Waals surface area (Å²) in [7, 11) is 1.72. The van der Waals surface area contributed by atoms with Crippen LogP contribution >= 0.6 is 0 Å². The van der Waals surface area contributed by atoms with E-state index >= 15 is 0 Å². The number of pyridine rings is 1. The zero-order valence-electron chi connectivity index (χ0n) is 11.1. The molecule has 4 heteroatoms. The van der Waals surface area contributed by atoms with Crippen LogP contribution in [0.3, 0.4) is 0 Å². The highest BCUT2D eigenvalue weighted by atomic mass is 16.5. The molecule has 1 aromatic rings. The van der Waals surface area contributed by atoms with Crippen molar-refractivity contribution in [1.29, 1.82) is 0 Å². The summed E-state index contributed by atoms with van der Waals surface area (Å²) in [6.45, 7) is 5.51. The molecular weight excluding hydrogens is 226 g/mol. The molecule has 0 amide bonds. The van der Waals surface area contributed by atoms with Gasteiger partial charge in [0.25, 0.3) is 0 Å². The number of anilines is 1. The Morgan fingerprint density at radius 3 is 3.11 bits per heavy atom. The third-order valence-electron chi connectivity index (χ3n) is 4.18. The molecule has 2 fully saturated rings. The Morgan fingerprint density at radius 2 is 2.33 bits per heavy atom. The predicted octanol–water partition coefficient (Wildman–Crippen LogP) is 1.45. The highest BCUT2D eigenvalue weighted by Gasteiger charge is 2.38. The zero-order valence-corrected chi connectivity index (χ0v) is 11.1. The van der Waals surface area contributed by atoms with Crippen molar-refractivity contribution in [2.75, 3.05) is 31.6 Å². The summed E-state index contributed by atoms with van der Waals surface area (Å²) in [6, 6.07) is 4.72. The smallest absolute Gasteiger partial charge is 0.132 e. The number of nitrogens with zero attached hydrogens (tertiary/aromatic N) is 2. The number of ether oxygens (including phenoxy) is 1. The molecule has 0 unspecified atom stereocenters. The Labute approximate surface area is 108 Å². The monoisotopic (exact) mass is 247 g/mol. The minimum atomic E-state index is 0.620. The van der Waals surface area contributed by atoms with Crippen LogP contribution in [-0.2, 0) is 6.42 Å². The SMILES string of the molecule is CCc1cc(OC)cc(N2CC[C@@H]3CNC[C@@H]32)n1. The van der Waals surface area contributed by atoms with Gasteiger partial charge in [-0.3, -0.25) is 0 Å². The van der Waals surface area contributed by atoms with Crippen molar-refractivity contribution in [3.63, 3.8) is 0 Å². The van der Waals surface area contributed by atoms with Crippen molar-refractivity contribution in [2.45, 2.75) is 25.8 Å². The normalized spacial score (nSPS) is 26.4. The van der Waals surface area contributed by atoms with E-state index in [-0.39, 0.29) is 0 Å². The van der Waals surface area contributed by atoms with Crippen molar-refractivity contribution in [2.24, 2.45) is 5.92 Å². The molecular formula is C14H21N3O. The number of methoxy groups -OCH3 is 1. The lowest BCUT2D eigenvalue weighted by atomic mass is 10.1. The van der Waals surface area contributed by atoms with Gasteiger partial charge >= 0.3 is 0 Å². The van der Waals surface area contributed by atoms with Crippen LogP contribution in [0.1, 0.15) is 19.0 Å². The maximum atomic E-state index is 5.39. The van der Waals surface area contributed by atoms with E-state index in [1.165, 1.54) is 6.42 Å². The van der Waals surface area contributed by atoms with Crippen LogP contribution in [0, 0.1) is 5.92 Å². The van der Waals surface area contributed by atoms with Crippen LogP contribution in [0.25, 0.3) is 0 Å². The molecule has 2 aliphatic heterocycles. The van der Waals surface area contributed by atoms with Gasteiger partial charge in [0.1, 0.15) is 11.6 Å². The molecule has 2 saturated heterocycles. The largest absolute Gasteiger partial charge is 0.497 e. The molecule has 3 rings (SSSR count). The van der Waals surface area contributed by atoms with Gasteiger partial charge in [-0.15, -0.1) is 0 Å². The Bertz CT molecular complexity index is 413. The number of aromatic nitrogens is 1. The Morgan fingerprint density at radius 1 is 1.44 bits per heavy atom. The molecule has 18 heavy (non-hydrogen) atoms. The number of nitrogens with one attached hydrogen (secondary N) is 1. The fraction of sp³-hybridized carbons (Fsp3) is 0.643. The maximum Gasteiger partial charge on any atom is 0.132 e. The molecule has 3 heterocycles. The van der Waals surface area contributed by atoms with Crippen LogP contribution < -0.4 is 15.0 Å². The Hall–Kier alpha value is -1.29. The van der Waals surface area contributed by atoms with Gasteiger partial charge in [-0.25, -0.2) is 4.98 Å². The van der Waals surface area contributed by atoms with Gasteiger partial charge in [0, 0.05) is 43.5 Å². The minimum absolute atomic E-state index is 0.620. The summed E-state index contributed by atoms with van der Waals surface area (Å²) >= 11 is 0. The van der Waals surface area contributed by atoms with Crippen LogP contribution in [0.5, 0.6) is 5.75 Å². The van der Waals surface area contributed by atoms with Gasteiger partial charge in [0.2, 0.25) is 0 Å². The molecule has 4 nitrogen and oxygen atoms in total. The third kappa shape index (κ3) is 1.94. The quantitative estimate of drug-likeness (QED) is 0.877. The van der Waals surface area contributed by atoms with E-state index in [0.29, 0.717) is 6.04 Å². The lowest BCUT2D eigenvalue weighted by Gasteiger charge is -2.25. The van der Waals surface area contributed by atoms with Gasteiger partial charge in [-0.05, 0) is 18.8 Å². The zero-order chi connectivity index (χ0) is 12.5.